The van der Waals surface area contributed by atoms with Gasteiger partial charge in [-0.05, 0) is 35.7 Å². The average molecular weight is 593 g/mol. The van der Waals surface area contributed by atoms with Crippen molar-refractivity contribution >= 4 is 15.7 Å². The summed E-state index contributed by atoms with van der Waals surface area (Å²) >= 11 is 0. The summed E-state index contributed by atoms with van der Waals surface area (Å²) in [7, 11) is -3.79. The monoisotopic (exact) mass is 592 g/mol. The van der Waals surface area contributed by atoms with Crippen LogP contribution in [0.15, 0.2) is 83.8 Å². The molecule has 0 unspecified atom stereocenters. The Morgan fingerprint density at radius 2 is 1.07 bits per heavy atom. The Bertz CT molecular complexity index is 1190. The van der Waals surface area contributed by atoms with Crippen LogP contribution < -0.4 is 10.5 Å². The molecule has 5 nitrogen and oxygen atoms in total. The second-order valence-electron chi connectivity index (χ2n) is 11.4. The SMILES string of the molecule is CCCCCCCCCCCCCCCCOc1ccc(S(=O)(=O)N(Cc2ccccc2)Cc2ccccc2)cc1N. The summed E-state index contributed by atoms with van der Waals surface area (Å²) in [5.41, 5.74) is 8.48. The summed E-state index contributed by atoms with van der Waals surface area (Å²) in [6.07, 6.45) is 18.4. The van der Waals surface area contributed by atoms with Gasteiger partial charge in [-0.1, -0.05) is 151 Å². The summed E-state index contributed by atoms with van der Waals surface area (Å²) in [6.45, 7) is 3.40. The van der Waals surface area contributed by atoms with Crippen LogP contribution in [-0.4, -0.2) is 19.3 Å². The van der Waals surface area contributed by atoms with Gasteiger partial charge in [-0.15, -0.1) is 0 Å². The first-order valence-corrected chi connectivity index (χ1v) is 17.5. The number of nitrogen functional groups attached to an aromatic ring is 1. The molecule has 0 fully saturated rings. The van der Waals surface area contributed by atoms with Crippen molar-refractivity contribution in [1.29, 1.82) is 0 Å². The smallest absolute Gasteiger partial charge is 0.243 e. The Hall–Kier alpha value is -2.83. The van der Waals surface area contributed by atoms with Crippen molar-refractivity contribution in [2.75, 3.05) is 12.3 Å². The van der Waals surface area contributed by atoms with E-state index in [1.807, 2.05) is 60.7 Å². The largest absolute Gasteiger partial charge is 0.491 e. The standard InChI is InChI=1S/C36H52N2O3S/c1-2-3-4-5-6-7-8-9-10-11-12-13-14-21-28-41-36-27-26-34(29-35(36)37)42(39,40)38(30-32-22-17-15-18-23-32)31-33-24-19-16-20-25-33/h15-20,22-27,29H,2-14,21,28,30-31,37H2,1H3. The zero-order valence-electron chi connectivity index (χ0n) is 25.7. The number of benzene rings is 3. The highest BCUT2D eigenvalue weighted by Gasteiger charge is 2.26. The molecular weight excluding hydrogens is 540 g/mol. The van der Waals surface area contributed by atoms with E-state index in [0.29, 0.717) is 18.0 Å². The molecule has 6 heteroatoms. The Morgan fingerprint density at radius 1 is 0.619 bits per heavy atom. The second-order valence-corrected chi connectivity index (χ2v) is 13.3. The molecule has 0 aliphatic heterocycles. The molecule has 2 N–H and O–H groups in total. The first-order valence-electron chi connectivity index (χ1n) is 16.1. The van der Waals surface area contributed by atoms with Crippen LogP contribution in [-0.2, 0) is 23.1 Å². The molecule has 0 aliphatic rings. The van der Waals surface area contributed by atoms with E-state index in [9.17, 15) is 8.42 Å². The van der Waals surface area contributed by atoms with Crippen LogP contribution in [0, 0.1) is 0 Å². The lowest BCUT2D eigenvalue weighted by molar-refractivity contribution is 0.305. The van der Waals surface area contributed by atoms with Crippen molar-refractivity contribution in [1.82, 2.24) is 4.31 Å². The van der Waals surface area contributed by atoms with E-state index in [-0.39, 0.29) is 18.0 Å². The van der Waals surface area contributed by atoms with Crippen LogP contribution in [0.2, 0.25) is 0 Å². The molecule has 42 heavy (non-hydrogen) atoms. The third-order valence-corrected chi connectivity index (χ3v) is 9.57. The summed E-state index contributed by atoms with van der Waals surface area (Å²) in [5.74, 6) is 0.543. The van der Waals surface area contributed by atoms with Crippen molar-refractivity contribution in [2.45, 2.75) is 115 Å². The van der Waals surface area contributed by atoms with Gasteiger partial charge >= 0.3 is 0 Å². The fourth-order valence-corrected chi connectivity index (χ4v) is 6.70. The number of nitrogens with zero attached hydrogens (tertiary/aromatic N) is 1. The van der Waals surface area contributed by atoms with Crippen LogP contribution in [0.5, 0.6) is 5.75 Å². The molecule has 0 spiro atoms. The van der Waals surface area contributed by atoms with Gasteiger partial charge in [0.25, 0.3) is 0 Å². The van der Waals surface area contributed by atoms with Crippen molar-refractivity contribution < 1.29 is 13.2 Å². The van der Waals surface area contributed by atoms with Gasteiger partial charge in [0.05, 0.1) is 17.2 Å². The normalized spacial score (nSPS) is 11.7. The number of anilines is 1. The van der Waals surface area contributed by atoms with Gasteiger partial charge in [0.1, 0.15) is 5.75 Å². The third-order valence-electron chi connectivity index (χ3n) is 7.78. The summed E-state index contributed by atoms with van der Waals surface area (Å²) < 4.78 is 34.9. The Balaban J connectivity index is 1.41. The van der Waals surface area contributed by atoms with Gasteiger partial charge in [0.15, 0.2) is 0 Å². The molecule has 3 aromatic rings. The van der Waals surface area contributed by atoms with Crippen LogP contribution >= 0.6 is 0 Å². The molecule has 230 valence electrons. The zero-order valence-corrected chi connectivity index (χ0v) is 26.5. The molecule has 3 aromatic carbocycles. The number of rotatable bonds is 22. The molecule has 0 atom stereocenters. The highest BCUT2D eigenvalue weighted by atomic mass is 32.2. The third kappa shape index (κ3) is 12.2. The maximum absolute atomic E-state index is 13.7. The molecule has 0 radical (unpaired) electrons. The summed E-state index contributed by atoms with van der Waals surface area (Å²) in [4.78, 5) is 0.177. The number of nitrogens with two attached hydrogens (primary N) is 1. The predicted molar refractivity (Wildman–Crippen MR) is 176 cm³/mol. The average Bonchev–Trinajstić information content (AvgIpc) is 3.00. The van der Waals surface area contributed by atoms with Crippen LogP contribution in [0.1, 0.15) is 108 Å². The van der Waals surface area contributed by atoms with Gasteiger partial charge in [0, 0.05) is 13.1 Å². The number of hydrogen-bond donors (Lipinski definition) is 1. The Kier molecular flexibility index (Phi) is 15.5. The maximum Gasteiger partial charge on any atom is 0.243 e. The zero-order chi connectivity index (χ0) is 29.9. The predicted octanol–water partition coefficient (Wildman–Crippen LogP) is 9.52. The minimum absolute atomic E-state index is 0.177. The minimum Gasteiger partial charge on any atom is -0.491 e. The van der Waals surface area contributed by atoms with E-state index in [1.165, 1.54) is 87.4 Å². The van der Waals surface area contributed by atoms with E-state index in [1.54, 1.807) is 12.1 Å². The molecule has 3 rings (SSSR count). The molecule has 0 amide bonds. The van der Waals surface area contributed by atoms with Crippen molar-refractivity contribution in [3.8, 4) is 5.75 Å². The van der Waals surface area contributed by atoms with Crippen LogP contribution in [0.3, 0.4) is 0 Å². The molecule has 0 heterocycles. The van der Waals surface area contributed by atoms with Crippen LogP contribution in [0.4, 0.5) is 5.69 Å². The van der Waals surface area contributed by atoms with Crippen molar-refractivity contribution in [3.63, 3.8) is 0 Å². The Labute approximate surface area is 255 Å². The number of sulfonamides is 1. The topological polar surface area (TPSA) is 72.6 Å². The van der Waals surface area contributed by atoms with E-state index in [2.05, 4.69) is 6.92 Å². The van der Waals surface area contributed by atoms with Gasteiger partial charge < -0.3 is 10.5 Å². The van der Waals surface area contributed by atoms with Gasteiger partial charge in [-0.2, -0.15) is 4.31 Å². The number of hydrogen-bond acceptors (Lipinski definition) is 4. The minimum atomic E-state index is -3.79. The molecule has 0 saturated heterocycles. The van der Waals surface area contributed by atoms with E-state index in [0.717, 1.165) is 24.0 Å². The second kappa shape index (κ2) is 19.4. The lowest BCUT2D eigenvalue weighted by Gasteiger charge is -2.23. The van der Waals surface area contributed by atoms with Crippen molar-refractivity contribution in [3.05, 3.63) is 90.0 Å². The van der Waals surface area contributed by atoms with Crippen LogP contribution in [0.25, 0.3) is 0 Å². The maximum atomic E-state index is 13.7. The fraction of sp³-hybridized carbons (Fsp3) is 0.500. The summed E-state index contributed by atoms with van der Waals surface area (Å²) in [5, 5.41) is 0. The van der Waals surface area contributed by atoms with E-state index < -0.39 is 10.0 Å². The molecule has 0 bridgehead atoms. The lowest BCUT2D eigenvalue weighted by atomic mass is 10.0. The molecular formula is C36H52N2O3S. The molecule has 0 aliphatic carbocycles. The highest BCUT2D eigenvalue weighted by molar-refractivity contribution is 7.89. The quantitative estimate of drug-likeness (QED) is 0.0931. The molecule has 0 saturated carbocycles. The van der Waals surface area contributed by atoms with Gasteiger partial charge in [-0.25, -0.2) is 8.42 Å². The lowest BCUT2D eigenvalue weighted by Crippen LogP contribution is -2.30. The first-order chi connectivity index (χ1) is 20.5. The van der Waals surface area contributed by atoms with E-state index in [4.69, 9.17) is 10.5 Å². The first kappa shape index (κ1) is 33.7. The van der Waals surface area contributed by atoms with E-state index >= 15 is 0 Å². The number of unbranched alkanes of at least 4 members (excludes halogenated alkanes) is 13. The van der Waals surface area contributed by atoms with Gasteiger partial charge in [0.2, 0.25) is 10.0 Å². The fourth-order valence-electron chi connectivity index (χ4n) is 5.25. The van der Waals surface area contributed by atoms with Gasteiger partial charge in [-0.3, -0.25) is 0 Å². The summed E-state index contributed by atoms with van der Waals surface area (Å²) in [6, 6.07) is 24.1. The Morgan fingerprint density at radius 3 is 1.52 bits per heavy atom. The highest BCUT2D eigenvalue weighted by Crippen LogP contribution is 2.28. The number of ether oxygens (including phenoxy) is 1. The molecule has 0 aromatic heterocycles. The van der Waals surface area contributed by atoms with Crippen molar-refractivity contribution in [2.24, 2.45) is 0 Å².